The van der Waals surface area contributed by atoms with Crippen molar-refractivity contribution < 1.29 is 18.0 Å². The van der Waals surface area contributed by atoms with Gasteiger partial charge in [0.1, 0.15) is 5.69 Å². The lowest BCUT2D eigenvalue weighted by Gasteiger charge is -2.09. The zero-order valence-corrected chi connectivity index (χ0v) is 17.6. The van der Waals surface area contributed by atoms with Crippen LogP contribution in [0.2, 0.25) is 0 Å². The maximum atomic E-state index is 12.8. The van der Waals surface area contributed by atoms with Gasteiger partial charge in [0.25, 0.3) is 5.91 Å². The van der Waals surface area contributed by atoms with Crippen LogP contribution in [0.3, 0.4) is 0 Å². The quantitative estimate of drug-likeness (QED) is 0.586. The molecule has 2 amide bonds. The minimum Gasteiger partial charge on any atom is -0.273 e. The summed E-state index contributed by atoms with van der Waals surface area (Å²) >= 11 is 1.46. The van der Waals surface area contributed by atoms with Crippen LogP contribution in [0, 0.1) is 5.92 Å². The topological polar surface area (TPSA) is 110 Å². The number of nitrogens with zero attached hydrogens (tertiary/aromatic N) is 2. The Morgan fingerprint density at radius 2 is 1.93 bits per heavy atom. The number of sulfone groups is 1. The van der Waals surface area contributed by atoms with Crippen molar-refractivity contribution in [3.63, 3.8) is 0 Å². The number of carbonyl (C=O) groups excluding carboxylic acids is 2. The first kappa shape index (κ1) is 20.3. The number of benzene rings is 1. The predicted molar refractivity (Wildman–Crippen MR) is 114 cm³/mol. The van der Waals surface area contributed by atoms with Crippen molar-refractivity contribution in [1.82, 2.24) is 20.6 Å². The first-order chi connectivity index (χ1) is 14.4. The van der Waals surface area contributed by atoms with Crippen LogP contribution in [-0.2, 0) is 14.6 Å². The van der Waals surface area contributed by atoms with Crippen LogP contribution in [0.1, 0.15) is 23.2 Å². The first-order valence-corrected chi connectivity index (χ1v) is 12.1. The SMILES string of the molecule is O=C(CC1CCS(=O)(=O)C1)NNC(=O)c1cn(-c2ccccc2)nc1-c1cccs1. The summed E-state index contributed by atoms with van der Waals surface area (Å²) < 4.78 is 24.7. The Balaban J connectivity index is 1.48. The summed E-state index contributed by atoms with van der Waals surface area (Å²) in [6.07, 6.45) is 2.14. The molecular formula is C20H20N4O4S2. The van der Waals surface area contributed by atoms with Crippen LogP contribution in [0.15, 0.2) is 54.0 Å². The molecule has 30 heavy (non-hydrogen) atoms. The monoisotopic (exact) mass is 444 g/mol. The third-order valence-corrected chi connectivity index (χ3v) is 7.56. The van der Waals surface area contributed by atoms with E-state index in [0.29, 0.717) is 17.7 Å². The van der Waals surface area contributed by atoms with Crippen molar-refractivity contribution in [3.8, 4) is 16.3 Å². The van der Waals surface area contributed by atoms with Gasteiger partial charge in [-0.2, -0.15) is 5.10 Å². The Morgan fingerprint density at radius 1 is 1.13 bits per heavy atom. The van der Waals surface area contributed by atoms with Crippen molar-refractivity contribution >= 4 is 33.0 Å². The zero-order chi connectivity index (χ0) is 21.1. The van der Waals surface area contributed by atoms with Gasteiger partial charge in [-0.3, -0.25) is 20.4 Å². The third kappa shape index (κ3) is 4.60. The molecule has 0 spiro atoms. The number of aromatic nitrogens is 2. The van der Waals surface area contributed by atoms with Crippen LogP contribution in [0.25, 0.3) is 16.3 Å². The number of para-hydroxylation sites is 1. The molecule has 1 aliphatic heterocycles. The molecule has 2 aromatic heterocycles. The van der Waals surface area contributed by atoms with Gasteiger partial charge in [0, 0.05) is 12.6 Å². The summed E-state index contributed by atoms with van der Waals surface area (Å²) in [6, 6.07) is 13.2. The number of rotatable bonds is 5. The van der Waals surface area contributed by atoms with Crippen molar-refractivity contribution in [2.75, 3.05) is 11.5 Å². The molecule has 1 unspecified atom stereocenters. The molecule has 0 radical (unpaired) electrons. The normalized spacial score (nSPS) is 17.5. The van der Waals surface area contributed by atoms with E-state index in [1.807, 2.05) is 47.8 Å². The van der Waals surface area contributed by atoms with E-state index in [0.717, 1.165) is 10.6 Å². The van der Waals surface area contributed by atoms with E-state index in [1.54, 1.807) is 10.9 Å². The van der Waals surface area contributed by atoms with Gasteiger partial charge in [0.05, 0.1) is 27.6 Å². The van der Waals surface area contributed by atoms with E-state index in [-0.39, 0.29) is 23.8 Å². The van der Waals surface area contributed by atoms with Gasteiger partial charge in [-0.15, -0.1) is 11.3 Å². The van der Waals surface area contributed by atoms with Crippen LogP contribution < -0.4 is 10.9 Å². The summed E-state index contributed by atoms with van der Waals surface area (Å²) in [6.45, 7) is 0. The highest BCUT2D eigenvalue weighted by Crippen LogP contribution is 2.27. The second-order valence-corrected chi connectivity index (χ2v) is 10.3. The lowest BCUT2D eigenvalue weighted by molar-refractivity contribution is -0.122. The van der Waals surface area contributed by atoms with Gasteiger partial charge in [0.2, 0.25) is 5.91 Å². The van der Waals surface area contributed by atoms with Gasteiger partial charge < -0.3 is 0 Å². The summed E-state index contributed by atoms with van der Waals surface area (Å²) in [7, 11) is -3.05. The van der Waals surface area contributed by atoms with Crippen molar-refractivity contribution in [2.45, 2.75) is 12.8 Å². The van der Waals surface area contributed by atoms with Gasteiger partial charge in [-0.1, -0.05) is 24.3 Å². The number of hydrazine groups is 1. The second-order valence-electron chi connectivity index (χ2n) is 7.12. The molecule has 0 aliphatic carbocycles. The van der Waals surface area contributed by atoms with Gasteiger partial charge >= 0.3 is 0 Å². The molecule has 1 aliphatic rings. The fourth-order valence-corrected chi connectivity index (χ4v) is 5.97. The Labute approximate surface area is 177 Å². The molecule has 0 bridgehead atoms. The number of hydrogen-bond donors (Lipinski definition) is 2. The average Bonchev–Trinajstić information content (AvgIpc) is 3.46. The summed E-state index contributed by atoms with van der Waals surface area (Å²) in [5.41, 5.74) is 6.46. The molecule has 1 atom stereocenters. The van der Waals surface area contributed by atoms with Crippen molar-refractivity contribution in [2.24, 2.45) is 5.92 Å². The van der Waals surface area contributed by atoms with E-state index < -0.39 is 21.7 Å². The number of nitrogens with one attached hydrogen (secondary N) is 2. The number of hydrogen-bond acceptors (Lipinski definition) is 6. The van der Waals surface area contributed by atoms with Crippen LogP contribution >= 0.6 is 11.3 Å². The molecule has 10 heteroatoms. The molecule has 1 fully saturated rings. The molecule has 4 rings (SSSR count). The Morgan fingerprint density at radius 3 is 2.60 bits per heavy atom. The average molecular weight is 445 g/mol. The predicted octanol–water partition coefficient (Wildman–Crippen LogP) is 2.19. The highest BCUT2D eigenvalue weighted by atomic mass is 32.2. The number of amides is 2. The summed E-state index contributed by atoms with van der Waals surface area (Å²) in [5.74, 6) is -0.998. The van der Waals surface area contributed by atoms with E-state index in [9.17, 15) is 18.0 Å². The molecular weight excluding hydrogens is 424 g/mol. The zero-order valence-electron chi connectivity index (χ0n) is 15.9. The molecule has 8 nitrogen and oxygen atoms in total. The van der Waals surface area contributed by atoms with Crippen LogP contribution in [0.5, 0.6) is 0 Å². The lowest BCUT2D eigenvalue weighted by Crippen LogP contribution is -2.42. The van der Waals surface area contributed by atoms with E-state index in [2.05, 4.69) is 16.0 Å². The number of thiophene rings is 1. The maximum Gasteiger partial charge on any atom is 0.273 e. The smallest absolute Gasteiger partial charge is 0.273 e. The van der Waals surface area contributed by atoms with E-state index in [4.69, 9.17) is 0 Å². The van der Waals surface area contributed by atoms with E-state index >= 15 is 0 Å². The van der Waals surface area contributed by atoms with Crippen molar-refractivity contribution in [3.05, 3.63) is 59.6 Å². The molecule has 2 N–H and O–H groups in total. The number of carbonyl (C=O) groups is 2. The standard InChI is InChI=1S/C20H20N4O4S2/c25-18(11-14-8-10-30(27,28)13-14)21-22-20(26)16-12-24(15-5-2-1-3-6-15)23-19(16)17-7-4-9-29-17/h1-7,9,12,14H,8,10-11,13H2,(H,21,25)(H,22,26). The summed E-state index contributed by atoms with van der Waals surface area (Å²) in [5, 5.41) is 6.46. The molecule has 1 saturated heterocycles. The van der Waals surface area contributed by atoms with Crippen LogP contribution in [-0.4, -0.2) is 41.5 Å². The molecule has 3 heterocycles. The van der Waals surface area contributed by atoms with Gasteiger partial charge in [-0.05, 0) is 35.9 Å². The summed E-state index contributed by atoms with van der Waals surface area (Å²) in [4.78, 5) is 25.8. The Kier molecular flexibility index (Phi) is 5.69. The highest BCUT2D eigenvalue weighted by molar-refractivity contribution is 7.91. The Bertz CT molecular complexity index is 1150. The second kappa shape index (κ2) is 8.41. The minimum atomic E-state index is -3.05. The maximum absolute atomic E-state index is 12.8. The molecule has 3 aromatic rings. The van der Waals surface area contributed by atoms with Gasteiger partial charge in [0.15, 0.2) is 9.84 Å². The van der Waals surface area contributed by atoms with Crippen LogP contribution in [0.4, 0.5) is 0 Å². The van der Waals surface area contributed by atoms with E-state index in [1.165, 1.54) is 11.3 Å². The first-order valence-electron chi connectivity index (χ1n) is 9.40. The fraction of sp³-hybridized carbons (Fsp3) is 0.250. The van der Waals surface area contributed by atoms with Gasteiger partial charge in [-0.25, -0.2) is 13.1 Å². The minimum absolute atomic E-state index is 0.0146. The third-order valence-electron chi connectivity index (χ3n) is 4.85. The molecule has 1 aromatic carbocycles. The lowest BCUT2D eigenvalue weighted by atomic mass is 10.1. The molecule has 0 saturated carbocycles. The Hall–Kier alpha value is -2.98. The molecule has 156 valence electrons. The van der Waals surface area contributed by atoms with Crippen molar-refractivity contribution in [1.29, 1.82) is 0 Å². The highest BCUT2D eigenvalue weighted by Gasteiger charge is 2.29. The largest absolute Gasteiger partial charge is 0.273 e. The fourth-order valence-electron chi connectivity index (χ4n) is 3.39.